The van der Waals surface area contributed by atoms with E-state index >= 15 is 0 Å². The zero-order valence-electron chi connectivity index (χ0n) is 14.7. The number of imidazole rings is 1. The average Bonchev–Trinajstić information content (AvgIpc) is 3.19. The van der Waals surface area contributed by atoms with E-state index in [1.807, 2.05) is 12.3 Å². The van der Waals surface area contributed by atoms with E-state index < -0.39 is 0 Å². The molecule has 0 bridgehead atoms. The minimum atomic E-state index is -0.265. The van der Waals surface area contributed by atoms with Gasteiger partial charge in [0, 0.05) is 37.1 Å². The molecule has 25 heavy (non-hydrogen) atoms. The zero-order valence-corrected chi connectivity index (χ0v) is 14.7. The molecule has 3 aliphatic rings. The van der Waals surface area contributed by atoms with E-state index in [4.69, 9.17) is 0 Å². The second-order valence-corrected chi connectivity index (χ2v) is 8.19. The van der Waals surface area contributed by atoms with Gasteiger partial charge in [-0.05, 0) is 37.5 Å². The van der Waals surface area contributed by atoms with E-state index in [1.165, 1.54) is 32.4 Å². The summed E-state index contributed by atoms with van der Waals surface area (Å²) in [6, 6.07) is 11.3. The minimum absolute atomic E-state index is 0.153. The average molecular weight is 337 g/mol. The fourth-order valence-electron chi connectivity index (χ4n) is 5.18. The highest BCUT2D eigenvalue weighted by Crippen LogP contribution is 2.44. The molecule has 3 fully saturated rings. The van der Waals surface area contributed by atoms with E-state index in [1.54, 1.807) is 0 Å². The number of nitrogens with zero attached hydrogens (tertiary/aromatic N) is 3. The second kappa shape index (κ2) is 6.26. The number of benzene rings is 1. The molecule has 4 heteroatoms. The van der Waals surface area contributed by atoms with Gasteiger partial charge >= 0.3 is 0 Å². The molecule has 0 amide bonds. The zero-order chi connectivity index (χ0) is 16.8. The molecule has 1 aromatic carbocycles. The molecule has 2 saturated carbocycles. The van der Waals surface area contributed by atoms with Gasteiger partial charge in [-0.15, -0.1) is 0 Å². The molecule has 2 aromatic rings. The van der Waals surface area contributed by atoms with Crippen LogP contribution in [0.25, 0.3) is 11.4 Å². The lowest BCUT2D eigenvalue weighted by Crippen LogP contribution is -2.38. The van der Waals surface area contributed by atoms with E-state index in [2.05, 4.69) is 44.9 Å². The van der Waals surface area contributed by atoms with Crippen molar-refractivity contribution in [2.24, 2.45) is 11.8 Å². The van der Waals surface area contributed by atoms with Crippen molar-refractivity contribution in [3.63, 3.8) is 0 Å². The molecule has 0 radical (unpaired) electrons. The van der Waals surface area contributed by atoms with Gasteiger partial charge in [0.2, 0.25) is 0 Å². The van der Waals surface area contributed by atoms with Gasteiger partial charge in [-0.25, -0.2) is 4.98 Å². The van der Waals surface area contributed by atoms with Gasteiger partial charge in [-0.2, -0.15) is 0 Å². The first kappa shape index (κ1) is 15.6. The maximum Gasteiger partial charge on any atom is 0.140 e. The van der Waals surface area contributed by atoms with E-state index in [9.17, 15) is 5.11 Å². The summed E-state index contributed by atoms with van der Waals surface area (Å²) in [4.78, 5) is 7.30. The van der Waals surface area contributed by atoms with Gasteiger partial charge in [0.1, 0.15) is 5.82 Å². The van der Waals surface area contributed by atoms with Crippen LogP contribution in [0, 0.1) is 11.8 Å². The third-order valence-corrected chi connectivity index (χ3v) is 6.79. The summed E-state index contributed by atoms with van der Waals surface area (Å²) in [5.74, 6) is 2.38. The van der Waals surface area contributed by atoms with Crippen LogP contribution < -0.4 is 0 Å². The molecule has 1 N–H and O–H groups in total. The number of aliphatic hydroxyl groups is 1. The Balaban J connectivity index is 1.38. The van der Waals surface area contributed by atoms with Gasteiger partial charge in [0.15, 0.2) is 0 Å². The summed E-state index contributed by atoms with van der Waals surface area (Å²) in [5.41, 5.74) is 1.13. The number of likely N-dealkylation sites (tertiary alicyclic amines) is 1. The molecule has 1 aliphatic heterocycles. The summed E-state index contributed by atoms with van der Waals surface area (Å²) in [6.07, 6.45) is 9.83. The number of aromatic nitrogens is 2. The van der Waals surface area contributed by atoms with Crippen LogP contribution in [-0.2, 0) is 0 Å². The molecule has 5 rings (SSSR count). The fraction of sp³-hybridized carbons (Fsp3) is 0.571. The van der Waals surface area contributed by atoms with Crippen molar-refractivity contribution < 1.29 is 5.11 Å². The molecule has 1 aromatic heterocycles. The molecule has 132 valence electrons. The van der Waals surface area contributed by atoms with Crippen LogP contribution >= 0.6 is 0 Å². The Bertz CT molecular complexity index is 724. The largest absolute Gasteiger partial charge is 0.391 e. The van der Waals surface area contributed by atoms with Crippen LogP contribution in [0.4, 0.5) is 0 Å². The van der Waals surface area contributed by atoms with Crippen LogP contribution in [0.2, 0.25) is 0 Å². The Morgan fingerprint density at radius 3 is 2.48 bits per heavy atom. The van der Waals surface area contributed by atoms with Gasteiger partial charge in [-0.1, -0.05) is 36.8 Å². The Morgan fingerprint density at radius 2 is 1.76 bits per heavy atom. The van der Waals surface area contributed by atoms with Gasteiger partial charge < -0.3 is 9.67 Å². The summed E-state index contributed by atoms with van der Waals surface area (Å²) in [7, 11) is 0. The van der Waals surface area contributed by atoms with Crippen molar-refractivity contribution in [1.82, 2.24) is 14.5 Å². The van der Waals surface area contributed by atoms with Crippen molar-refractivity contribution in [2.75, 3.05) is 13.1 Å². The summed E-state index contributed by atoms with van der Waals surface area (Å²) < 4.78 is 2.22. The predicted octanol–water partition coefficient (Wildman–Crippen LogP) is 3.35. The Hall–Kier alpha value is -1.65. The van der Waals surface area contributed by atoms with Gasteiger partial charge in [-0.3, -0.25) is 4.90 Å². The molecule has 1 saturated heterocycles. The number of hydrogen-bond donors (Lipinski definition) is 1. The first-order valence-electron chi connectivity index (χ1n) is 9.80. The standard InChI is InChI=1S/C21H27N3O/c25-20-12-17-14-23(18-7-4-8-18)13-16(17)11-19(20)24-10-9-22-21(24)15-5-2-1-3-6-15/h1-3,5-6,9-10,16-20,25H,4,7-8,11-14H2/t16-,17+,19-,20-/m0/s1. The van der Waals surface area contributed by atoms with Crippen molar-refractivity contribution in [1.29, 1.82) is 0 Å². The van der Waals surface area contributed by atoms with E-state index in [-0.39, 0.29) is 12.1 Å². The van der Waals surface area contributed by atoms with Crippen molar-refractivity contribution >= 4 is 0 Å². The molecule has 0 spiro atoms. The lowest BCUT2D eigenvalue weighted by Gasteiger charge is -2.36. The quantitative estimate of drug-likeness (QED) is 0.934. The first-order chi connectivity index (χ1) is 12.3. The fourth-order valence-corrected chi connectivity index (χ4v) is 5.18. The summed E-state index contributed by atoms with van der Waals surface area (Å²) in [5, 5.41) is 10.9. The Morgan fingerprint density at radius 1 is 1.00 bits per heavy atom. The molecule has 4 nitrogen and oxygen atoms in total. The third-order valence-electron chi connectivity index (χ3n) is 6.79. The molecule has 0 unspecified atom stereocenters. The molecule has 4 atom stereocenters. The molecule has 2 aliphatic carbocycles. The first-order valence-corrected chi connectivity index (χ1v) is 9.80. The van der Waals surface area contributed by atoms with Gasteiger partial charge in [0.05, 0.1) is 12.1 Å². The van der Waals surface area contributed by atoms with Crippen molar-refractivity contribution in [3.05, 3.63) is 42.7 Å². The van der Waals surface area contributed by atoms with Gasteiger partial charge in [0.25, 0.3) is 0 Å². The number of fused-ring (bicyclic) bond motifs is 1. The molecular formula is C21H27N3O. The highest BCUT2D eigenvalue weighted by Gasteiger charge is 2.44. The highest BCUT2D eigenvalue weighted by molar-refractivity contribution is 5.55. The predicted molar refractivity (Wildman–Crippen MR) is 98.1 cm³/mol. The van der Waals surface area contributed by atoms with Crippen LogP contribution in [-0.4, -0.2) is 44.8 Å². The van der Waals surface area contributed by atoms with E-state index in [0.29, 0.717) is 5.92 Å². The lowest BCUT2D eigenvalue weighted by molar-refractivity contribution is 0.0364. The SMILES string of the molecule is O[C@H]1C[C@@H]2CN(C3CCC3)C[C@@H]2C[C@@H]1n1ccnc1-c1ccccc1. The Labute approximate surface area is 149 Å². The van der Waals surface area contributed by atoms with Crippen LogP contribution in [0.15, 0.2) is 42.7 Å². The van der Waals surface area contributed by atoms with Crippen molar-refractivity contribution in [2.45, 2.75) is 50.3 Å². The number of rotatable bonds is 3. The van der Waals surface area contributed by atoms with Crippen LogP contribution in [0.5, 0.6) is 0 Å². The maximum absolute atomic E-state index is 10.9. The molecular weight excluding hydrogens is 310 g/mol. The normalized spacial score (nSPS) is 33.2. The minimum Gasteiger partial charge on any atom is -0.391 e. The maximum atomic E-state index is 10.9. The van der Waals surface area contributed by atoms with E-state index in [0.717, 1.165) is 36.2 Å². The smallest absolute Gasteiger partial charge is 0.140 e. The highest BCUT2D eigenvalue weighted by atomic mass is 16.3. The van der Waals surface area contributed by atoms with Crippen LogP contribution in [0.1, 0.15) is 38.1 Å². The lowest BCUT2D eigenvalue weighted by atomic mass is 9.77. The third kappa shape index (κ3) is 2.72. The summed E-state index contributed by atoms with van der Waals surface area (Å²) >= 11 is 0. The Kier molecular flexibility index (Phi) is 3.90. The van der Waals surface area contributed by atoms with Crippen molar-refractivity contribution in [3.8, 4) is 11.4 Å². The number of aliphatic hydroxyl groups excluding tert-OH is 1. The topological polar surface area (TPSA) is 41.3 Å². The summed E-state index contributed by atoms with van der Waals surface area (Å²) in [6.45, 7) is 2.43. The van der Waals surface area contributed by atoms with Crippen LogP contribution in [0.3, 0.4) is 0 Å². The monoisotopic (exact) mass is 337 g/mol. The second-order valence-electron chi connectivity index (χ2n) is 8.19. The number of hydrogen-bond acceptors (Lipinski definition) is 3. The molecule has 2 heterocycles.